The second-order valence-electron chi connectivity index (χ2n) is 7.40. The molecule has 4 rings (SSSR count). The molecular weight excluding hydrogens is 260 g/mol. The molecule has 1 saturated carbocycles. The fraction of sp³-hybridized carbons (Fsp3) is 0.765. The summed E-state index contributed by atoms with van der Waals surface area (Å²) in [4.78, 5) is 0. The van der Waals surface area contributed by atoms with E-state index in [1.165, 1.54) is 25.1 Å². The van der Waals surface area contributed by atoms with E-state index in [9.17, 15) is 0 Å². The lowest BCUT2D eigenvalue weighted by molar-refractivity contribution is 0.328. The fourth-order valence-electron chi connectivity index (χ4n) is 4.44. The predicted molar refractivity (Wildman–Crippen MR) is 82.8 cm³/mol. The molecule has 1 N–H and O–H groups in total. The monoisotopic (exact) mass is 286 g/mol. The Morgan fingerprint density at radius 1 is 1.29 bits per heavy atom. The van der Waals surface area contributed by atoms with Gasteiger partial charge in [-0.1, -0.05) is 26.0 Å². The van der Waals surface area contributed by atoms with E-state index in [0.29, 0.717) is 12.0 Å². The Labute approximate surface area is 127 Å². The highest BCUT2D eigenvalue weighted by atomic mass is 15.3. The molecule has 4 nitrogen and oxygen atoms in total. The molecule has 1 aromatic heterocycles. The Kier molecular flexibility index (Phi) is 3.37. The molecule has 2 heterocycles. The highest BCUT2D eigenvalue weighted by molar-refractivity contribution is 5.11. The number of allylic oxidation sites excluding steroid dienone is 2. The van der Waals surface area contributed by atoms with Crippen LogP contribution in [0.2, 0.25) is 0 Å². The van der Waals surface area contributed by atoms with Gasteiger partial charge in [-0.15, -0.1) is 10.2 Å². The first-order valence-electron chi connectivity index (χ1n) is 8.56. The number of hydrogen-bond donors (Lipinski definition) is 1. The Hall–Kier alpha value is -1.16. The molecule has 0 radical (unpaired) electrons. The average Bonchev–Trinajstić information content (AvgIpc) is 3.20. The number of fused-ring (bicyclic) bond motifs is 3. The number of aryl methyl sites for hydroxylation is 1. The minimum atomic E-state index is 0.340. The highest BCUT2D eigenvalue weighted by Crippen LogP contribution is 2.43. The maximum Gasteiger partial charge on any atom is 0.150 e. The summed E-state index contributed by atoms with van der Waals surface area (Å²) < 4.78 is 2.35. The van der Waals surface area contributed by atoms with Crippen molar-refractivity contribution in [2.45, 2.75) is 52.1 Å². The lowest BCUT2D eigenvalue weighted by Crippen LogP contribution is -2.33. The minimum Gasteiger partial charge on any atom is -0.314 e. The van der Waals surface area contributed by atoms with Gasteiger partial charge in [0.2, 0.25) is 0 Å². The Morgan fingerprint density at radius 2 is 2.19 bits per heavy atom. The zero-order valence-electron chi connectivity index (χ0n) is 13.1. The van der Waals surface area contributed by atoms with Gasteiger partial charge in [0.05, 0.1) is 6.04 Å². The van der Waals surface area contributed by atoms with Crippen LogP contribution in [0.5, 0.6) is 0 Å². The summed E-state index contributed by atoms with van der Waals surface area (Å²) in [6.45, 7) is 6.79. The largest absolute Gasteiger partial charge is 0.314 e. The van der Waals surface area contributed by atoms with E-state index in [4.69, 9.17) is 0 Å². The zero-order chi connectivity index (χ0) is 14.4. The zero-order valence-corrected chi connectivity index (χ0v) is 13.1. The molecule has 1 fully saturated rings. The van der Waals surface area contributed by atoms with Gasteiger partial charge in [0.15, 0.2) is 0 Å². The standard InChI is InChI=1S/C17H26N4/c1-11(2)16(17-20-19-15-4-3-7-21(15)17)18-10-14-9-12-5-6-13(14)8-12/h5-6,11-14,16,18H,3-4,7-10H2,1-2H3/t12-,13-,14-,16-/m0/s1. The first kappa shape index (κ1) is 13.5. The normalized spacial score (nSPS) is 31.3. The van der Waals surface area contributed by atoms with Crippen LogP contribution in [-0.2, 0) is 13.0 Å². The third kappa shape index (κ3) is 2.33. The van der Waals surface area contributed by atoms with Crippen molar-refractivity contribution < 1.29 is 0 Å². The minimum absolute atomic E-state index is 0.340. The molecule has 1 aromatic rings. The number of aromatic nitrogens is 3. The van der Waals surface area contributed by atoms with Gasteiger partial charge in [0, 0.05) is 13.0 Å². The van der Waals surface area contributed by atoms with Crippen molar-refractivity contribution in [2.75, 3.05) is 6.54 Å². The molecule has 0 unspecified atom stereocenters. The Bertz CT molecular complexity index is 545. The van der Waals surface area contributed by atoms with E-state index in [1.54, 1.807) is 0 Å². The first-order chi connectivity index (χ1) is 10.2. The van der Waals surface area contributed by atoms with Crippen LogP contribution in [0.4, 0.5) is 0 Å². The van der Waals surface area contributed by atoms with E-state index in [0.717, 1.165) is 43.1 Å². The Morgan fingerprint density at radius 3 is 2.90 bits per heavy atom. The third-order valence-corrected chi connectivity index (χ3v) is 5.60. The SMILES string of the molecule is CC(C)[C@H](NC[C@@H]1C[C@H]2C=C[C@H]1C2)c1nnc2n1CCC2. The van der Waals surface area contributed by atoms with Crippen molar-refractivity contribution >= 4 is 0 Å². The quantitative estimate of drug-likeness (QED) is 0.846. The molecule has 2 bridgehead atoms. The predicted octanol–water partition coefficient (Wildman–Crippen LogP) is 2.72. The molecule has 21 heavy (non-hydrogen) atoms. The van der Waals surface area contributed by atoms with E-state index in [-0.39, 0.29) is 0 Å². The van der Waals surface area contributed by atoms with Crippen LogP contribution >= 0.6 is 0 Å². The molecule has 2 aliphatic carbocycles. The Balaban J connectivity index is 1.46. The van der Waals surface area contributed by atoms with Crippen LogP contribution in [0.3, 0.4) is 0 Å². The van der Waals surface area contributed by atoms with Crippen molar-refractivity contribution in [3.63, 3.8) is 0 Å². The molecule has 3 aliphatic rings. The van der Waals surface area contributed by atoms with Crippen LogP contribution in [0.15, 0.2) is 12.2 Å². The van der Waals surface area contributed by atoms with Crippen molar-refractivity contribution in [1.29, 1.82) is 0 Å². The molecule has 4 heteroatoms. The van der Waals surface area contributed by atoms with Crippen LogP contribution in [-0.4, -0.2) is 21.3 Å². The van der Waals surface area contributed by atoms with Gasteiger partial charge in [-0.2, -0.15) is 0 Å². The maximum absolute atomic E-state index is 4.49. The van der Waals surface area contributed by atoms with Crippen molar-refractivity contribution in [1.82, 2.24) is 20.1 Å². The summed E-state index contributed by atoms with van der Waals surface area (Å²) in [5, 5.41) is 12.7. The molecule has 0 saturated heterocycles. The summed E-state index contributed by atoms with van der Waals surface area (Å²) in [6.07, 6.45) is 9.94. The van der Waals surface area contributed by atoms with Crippen LogP contribution in [0.25, 0.3) is 0 Å². The summed E-state index contributed by atoms with van der Waals surface area (Å²) >= 11 is 0. The molecule has 1 aliphatic heterocycles. The number of hydrogen-bond acceptors (Lipinski definition) is 3. The van der Waals surface area contributed by atoms with Crippen LogP contribution in [0.1, 0.15) is 50.8 Å². The third-order valence-electron chi connectivity index (χ3n) is 5.60. The molecule has 0 spiro atoms. The van der Waals surface area contributed by atoms with Crippen LogP contribution < -0.4 is 5.32 Å². The molecule has 0 amide bonds. The van der Waals surface area contributed by atoms with E-state index in [1.807, 2.05) is 0 Å². The second-order valence-corrected chi connectivity index (χ2v) is 7.40. The summed E-state index contributed by atoms with van der Waals surface area (Å²) in [6, 6.07) is 0.340. The summed E-state index contributed by atoms with van der Waals surface area (Å²) in [5.41, 5.74) is 0. The molecular formula is C17H26N4. The van der Waals surface area contributed by atoms with Gasteiger partial charge in [-0.3, -0.25) is 0 Å². The lowest BCUT2D eigenvalue weighted by Gasteiger charge is -2.26. The number of rotatable bonds is 5. The van der Waals surface area contributed by atoms with Gasteiger partial charge >= 0.3 is 0 Å². The average molecular weight is 286 g/mol. The van der Waals surface area contributed by atoms with Gasteiger partial charge in [-0.25, -0.2) is 0 Å². The second kappa shape index (κ2) is 5.24. The van der Waals surface area contributed by atoms with Gasteiger partial charge in [0.1, 0.15) is 11.6 Å². The topological polar surface area (TPSA) is 42.7 Å². The fourth-order valence-corrected chi connectivity index (χ4v) is 4.44. The molecule has 0 aromatic carbocycles. The van der Waals surface area contributed by atoms with Crippen molar-refractivity contribution in [3.8, 4) is 0 Å². The van der Waals surface area contributed by atoms with E-state index >= 15 is 0 Å². The van der Waals surface area contributed by atoms with Crippen LogP contribution in [0, 0.1) is 23.7 Å². The number of nitrogens with one attached hydrogen (secondary N) is 1. The molecule has 4 atom stereocenters. The van der Waals surface area contributed by atoms with Gasteiger partial charge in [0.25, 0.3) is 0 Å². The van der Waals surface area contributed by atoms with Gasteiger partial charge < -0.3 is 9.88 Å². The van der Waals surface area contributed by atoms with E-state index in [2.05, 4.69) is 46.1 Å². The number of nitrogens with zero attached hydrogens (tertiary/aromatic N) is 3. The maximum atomic E-state index is 4.49. The molecule has 114 valence electrons. The highest BCUT2D eigenvalue weighted by Gasteiger charge is 2.36. The van der Waals surface area contributed by atoms with Gasteiger partial charge in [-0.05, 0) is 49.5 Å². The summed E-state index contributed by atoms with van der Waals surface area (Å²) in [7, 11) is 0. The van der Waals surface area contributed by atoms with E-state index < -0.39 is 0 Å². The van der Waals surface area contributed by atoms with Crippen molar-refractivity contribution in [2.24, 2.45) is 23.7 Å². The van der Waals surface area contributed by atoms with Crippen molar-refractivity contribution in [3.05, 3.63) is 23.8 Å². The smallest absolute Gasteiger partial charge is 0.150 e. The summed E-state index contributed by atoms with van der Waals surface area (Å²) in [5.74, 6) is 5.39. The first-order valence-corrected chi connectivity index (χ1v) is 8.56. The lowest BCUT2D eigenvalue weighted by atomic mass is 9.92.